The first-order chi connectivity index (χ1) is 13.7. The molecule has 0 amide bonds. The van der Waals surface area contributed by atoms with Crippen LogP contribution in [0.4, 0.5) is 0 Å². The van der Waals surface area contributed by atoms with Gasteiger partial charge in [-0.05, 0) is 73.8 Å². The predicted octanol–water partition coefficient (Wildman–Crippen LogP) is 8.34. The molecule has 0 radical (unpaired) electrons. The zero-order valence-electron chi connectivity index (χ0n) is 16.0. The van der Waals surface area contributed by atoms with Crippen molar-refractivity contribution in [1.29, 1.82) is 0 Å². The summed E-state index contributed by atoms with van der Waals surface area (Å²) in [4.78, 5) is 5.21. The van der Waals surface area contributed by atoms with Crippen LogP contribution < -0.4 is 0 Å². The largest absolute Gasteiger partial charge is 0.445 e. The Morgan fingerprint density at radius 1 is 0.714 bits per heavy atom. The van der Waals surface area contributed by atoms with Crippen molar-refractivity contribution in [1.82, 2.24) is 0 Å². The monoisotopic (exact) mass is 402 g/mol. The summed E-state index contributed by atoms with van der Waals surface area (Å²) in [6.07, 6.45) is 0. The Morgan fingerprint density at radius 3 is 1.96 bits per heavy atom. The highest BCUT2D eigenvalue weighted by atomic mass is 32.3. The minimum atomic E-state index is -1.41. The first-order valence-electron chi connectivity index (χ1n) is 9.53. The molecule has 140 valence electrons. The lowest BCUT2D eigenvalue weighted by Gasteiger charge is -2.45. The standard InChI is InChI=1S/C25H22OS2/c1-18(2)28(19-9-5-3-6-10-19,20-11-7-4-8-12-20)21-13-14-24-23(17-21)22-15-16-27-25(22)26-24/h3-18H,1-2H3. The highest BCUT2D eigenvalue weighted by Crippen LogP contribution is 2.71. The lowest BCUT2D eigenvalue weighted by atomic mass is 10.2. The van der Waals surface area contributed by atoms with Crippen molar-refractivity contribution >= 4 is 42.6 Å². The summed E-state index contributed by atoms with van der Waals surface area (Å²) < 4.78 is 6.06. The molecule has 0 bridgehead atoms. The number of rotatable bonds is 4. The van der Waals surface area contributed by atoms with Gasteiger partial charge in [-0.25, -0.2) is 0 Å². The molecule has 3 heteroatoms. The van der Waals surface area contributed by atoms with Crippen LogP contribution in [-0.2, 0) is 0 Å². The Labute approximate surface area is 170 Å². The zero-order valence-corrected chi connectivity index (χ0v) is 17.6. The molecule has 0 aliphatic carbocycles. The lowest BCUT2D eigenvalue weighted by Crippen LogP contribution is -2.14. The van der Waals surface area contributed by atoms with E-state index < -0.39 is 10.0 Å². The fraction of sp³-hybridized carbons (Fsp3) is 0.120. The van der Waals surface area contributed by atoms with E-state index in [4.69, 9.17) is 4.42 Å². The van der Waals surface area contributed by atoms with Gasteiger partial charge in [0.15, 0.2) is 4.90 Å². The van der Waals surface area contributed by atoms with Crippen LogP contribution >= 0.6 is 21.4 Å². The second-order valence-electron chi connectivity index (χ2n) is 7.22. The fourth-order valence-electron chi connectivity index (χ4n) is 4.18. The molecule has 0 N–H and O–H groups in total. The molecule has 5 aromatic rings. The van der Waals surface area contributed by atoms with Gasteiger partial charge in [0.25, 0.3) is 0 Å². The van der Waals surface area contributed by atoms with Crippen molar-refractivity contribution in [3.8, 4) is 0 Å². The summed E-state index contributed by atoms with van der Waals surface area (Å²) in [7, 11) is -1.41. The predicted molar refractivity (Wildman–Crippen MR) is 122 cm³/mol. The average molecular weight is 403 g/mol. The van der Waals surface area contributed by atoms with Crippen molar-refractivity contribution in [2.24, 2.45) is 0 Å². The van der Waals surface area contributed by atoms with E-state index in [1.807, 2.05) is 0 Å². The third kappa shape index (κ3) is 2.54. The van der Waals surface area contributed by atoms with Crippen LogP contribution in [0.15, 0.2) is 109 Å². The highest BCUT2D eigenvalue weighted by molar-refractivity contribution is 8.34. The van der Waals surface area contributed by atoms with Gasteiger partial charge < -0.3 is 4.42 Å². The molecule has 2 heterocycles. The summed E-state index contributed by atoms with van der Waals surface area (Å²) in [5.74, 6) is 0. The average Bonchev–Trinajstić information content (AvgIpc) is 3.31. The van der Waals surface area contributed by atoms with Gasteiger partial charge in [0.1, 0.15) is 5.58 Å². The van der Waals surface area contributed by atoms with E-state index in [1.54, 1.807) is 11.3 Å². The zero-order chi connectivity index (χ0) is 19.1. The van der Waals surface area contributed by atoms with Crippen LogP contribution in [0.5, 0.6) is 0 Å². The summed E-state index contributed by atoms with van der Waals surface area (Å²) in [6, 6.07) is 31.0. The number of fused-ring (bicyclic) bond motifs is 3. The SMILES string of the molecule is CC(C)S(c1ccccc1)(c1ccccc1)c1ccc2oc3sccc3c2c1. The van der Waals surface area contributed by atoms with Crippen LogP contribution in [-0.4, -0.2) is 5.25 Å². The second-order valence-corrected chi connectivity index (χ2v) is 11.8. The molecule has 1 nitrogen and oxygen atoms in total. The summed E-state index contributed by atoms with van der Waals surface area (Å²) >= 11 is 1.67. The quantitative estimate of drug-likeness (QED) is 0.294. The fourth-order valence-corrected chi connectivity index (χ4v) is 9.16. The molecule has 0 fully saturated rings. The van der Waals surface area contributed by atoms with Crippen LogP contribution in [0.25, 0.3) is 21.3 Å². The molecule has 3 aromatic carbocycles. The number of hydrogen-bond acceptors (Lipinski definition) is 2. The first kappa shape index (κ1) is 17.6. The van der Waals surface area contributed by atoms with Crippen LogP contribution in [0.1, 0.15) is 13.8 Å². The van der Waals surface area contributed by atoms with Gasteiger partial charge >= 0.3 is 0 Å². The van der Waals surface area contributed by atoms with E-state index in [2.05, 4.69) is 104 Å². The number of thiophene rings is 1. The normalized spacial score (nSPS) is 12.8. The van der Waals surface area contributed by atoms with E-state index in [9.17, 15) is 0 Å². The van der Waals surface area contributed by atoms with E-state index >= 15 is 0 Å². The van der Waals surface area contributed by atoms with Gasteiger partial charge in [0.05, 0.1) is 0 Å². The first-order valence-corrected chi connectivity index (χ1v) is 12.1. The van der Waals surface area contributed by atoms with Gasteiger partial charge in [-0.1, -0.05) is 50.2 Å². The van der Waals surface area contributed by atoms with Gasteiger partial charge in [-0.2, -0.15) is 10.0 Å². The maximum absolute atomic E-state index is 6.06. The Kier molecular flexibility index (Phi) is 4.30. The van der Waals surface area contributed by atoms with E-state index in [0.29, 0.717) is 5.25 Å². The highest BCUT2D eigenvalue weighted by Gasteiger charge is 2.34. The minimum absolute atomic E-state index is 0.458. The van der Waals surface area contributed by atoms with E-state index in [1.165, 1.54) is 25.5 Å². The second kappa shape index (κ2) is 6.84. The van der Waals surface area contributed by atoms with Crippen molar-refractivity contribution in [3.63, 3.8) is 0 Å². The van der Waals surface area contributed by atoms with Gasteiger partial charge in [-0.15, -0.1) is 11.3 Å². The molecule has 28 heavy (non-hydrogen) atoms. The molecule has 5 rings (SSSR count). The summed E-state index contributed by atoms with van der Waals surface area (Å²) in [6.45, 7) is 4.71. The third-order valence-electron chi connectivity index (χ3n) is 5.38. The maximum atomic E-state index is 6.06. The number of benzene rings is 3. The molecule has 0 spiro atoms. The van der Waals surface area contributed by atoms with Gasteiger partial charge in [-0.3, -0.25) is 0 Å². The van der Waals surface area contributed by atoms with Crippen molar-refractivity contribution < 1.29 is 4.42 Å². The van der Waals surface area contributed by atoms with Crippen LogP contribution in [0.3, 0.4) is 0 Å². The Balaban J connectivity index is 1.87. The van der Waals surface area contributed by atoms with Gasteiger partial charge in [0.2, 0.25) is 0 Å². The Hall–Kier alpha value is -2.49. The van der Waals surface area contributed by atoms with Crippen LogP contribution in [0.2, 0.25) is 0 Å². The third-order valence-corrected chi connectivity index (χ3v) is 10.6. The van der Waals surface area contributed by atoms with Crippen LogP contribution in [0, 0.1) is 0 Å². The molecule has 0 aliphatic rings. The van der Waals surface area contributed by atoms with E-state index in [-0.39, 0.29) is 0 Å². The van der Waals surface area contributed by atoms with Crippen molar-refractivity contribution in [2.45, 2.75) is 33.8 Å². The summed E-state index contributed by atoms with van der Waals surface area (Å²) in [5, 5.41) is 5.01. The lowest BCUT2D eigenvalue weighted by molar-refractivity contribution is 0.677. The molecule has 0 saturated carbocycles. The Morgan fingerprint density at radius 2 is 1.36 bits per heavy atom. The molecule has 2 aromatic heterocycles. The van der Waals surface area contributed by atoms with E-state index in [0.717, 1.165) is 10.5 Å². The van der Waals surface area contributed by atoms with Gasteiger partial charge in [0, 0.05) is 10.8 Å². The molecular weight excluding hydrogens is 380 g/mol. The molecule has 0 unspecified atom stereocenters. The molecule has 0 aliphatic heterocycles. The topological polar surface area (TPSA) is 13.1 Å². The summed E-state index contributed by atoms with van der Waals surface area (Å²) in [5.41, 5.74) is 0.976. The maximum Gasteiger partial charge on any atom is 0.188 e. The Bertz CT molecular complexity index is 1190. The number of hydrogen-bond donors (Lipinski definition) is 0. The molecular formula is C25H22OS2. The molecule has 0 atom stereocenters. The smallest absolute Gasteiger partial charge is 0.188 e. The molecule has 0 saturated heterocycles. The van der Waals surface area contributed by atoms with Crippen molar-refractivity contribution in [2.75, 3.05) is 0 Å². The minimum Gasteiger partial charge on any atom is -0.445 e. The van der Waals surface area contributed by atoms with Crippen molar-refractivity contribution in [3.05, 3.63) is 90.3 Å². The number of furan rings is 1.